The maximum atomic E-state index is 13.0. The van der Waals surface area contributed by atoms with Gasteiger partial charge in [0.05, 0.1) is 0 Å². The van der Waals surface area contributed by atoms with E-state index in [1.54, 1.807) is 0 Å². The van der Waals surface area contributed by atoms with Crippen molar-refractivity contribution in [3.63, 3.8) is 0 Å². The van der Waals surface area contributed by atoms with Gasteiger partial charge in [-0.2, -0.15) is 0 Å². The molecule has 0 spiro atoms. The van der Waals surface area contributed by atoms with Gasteiger partial charge in [-0.3, -0.25) is 14.4 Å². The van der Waals surface area contributed by atoms with Gasteiger partial charge in [-0.15, -0.1) is 0 Å². The van der Waals surface area contributed by atoms with E-state index in [0.29, 0.717) is 19.3 Å². The maximum absolute atomic E-state index is 13.0. The lowest BCUT2D eigenvalue weighted by molar-refractivity contribution is -0.167. The number of esters is 3. The molecule has 0 aromatic carbocycles. The van der Waals surface area contributed by atoms with Crippen LogP contribution in [0, 0.1) is 0 Å². The lowest BCUT2D eigenvalue weighted by Crippen LogP contribution is -2.30. The number of rotatable bonds is 68. The van der Waals surface area contributed by atoms with E-state index in [0.717, 1.165) is 83.5 Å². The molecule has 0 aliphatic heterocycles. The monoisotopic (exact) mass is 1160 g/mol. The molecule has 6 nitrogen and oxygen atoms in total. The second-order valence-electron chi connectivity index (χ2n) is 24.8. The molecule has 6 heteroatoms. The number of carbonyl (C=O) groups is 3. The topological polar surface area (TPSA) is 78.9 Å². The minimum absolute atomic E-state index is 0.0745. The van der Waals surface area contributed by atoms with Gasteiger partial charge in [-0.25, -0.2) is 0 Å². The molecule has 0 radical (unpaired) electrons. The molecule has 0 aromatic rings. The molecule has 0 saturated heterocycles. The first-order valence-electron chi connectivity index (χ1n) is 36.8. The van der Waals surface area contributed by atoms with Gasteiger partial charge in [0.1, 0.15) is 13.2 Å². The third-order valence-corrected chi connectivity index (χ3v) is 16.5. The van der Waals surface area contributed by atoms with E-state index in [1.807, 2.05) is 0 Å². The van der Waals surface area contributed by atoms with Gasteiger partial charge in [0.15, 0.2) is 6.10 Å². The molecule has 0 fully saturated rings. The number of ether oxygens (including phenoxy) is 3. The molecule has 0 saturated carbocycles. The Balaban J connectivity index is 4.31. The Labute approximate surface area is 517 Å². The zero-order valence-corrected chi connectivity index (χ0v) is 55.7. The van der Waals surface area contributed by atoms with Crippen molar-refractivity contribution < 1.29 is 28.6 Å². The van der Waals surface area contributed by atoms with Crippen LogP contribution >= 0.6 is 0 Å². The van der Waals surface area contributed by atoms with Crippen LogP contribution in [0.4, 0.5) is 0 Å². The number of hydrogen-bond acceptors (Lipinski definition) is 6. The highest BCUT2D eigenvalue weighted by Crippen LogP contribution is 2.18. The summed E-state index contributed by atoms with van der Waals surface area (Å²) in [6, 6.07) is 0. The summed E-state index contributed by atoms with van der Waals surface area (Å²) < 4.78 is 17.0. The van der Waals surface area contributed by atoms with Crippen molar-refractivity contribution in [1.82, 2.24) is 0 Å². The van der Waals surface area contributed by atoms with Gasteiger partial charge < -0.3 is 14.2 Å². The fraction of sp³-hybridized carbons (Fsp3) is 0.831. The standard InChI is InChI=1S/C77H140O6/c1-4-7-10-13-16-19-22-25-28-31-33-35-37-38-40-41-43-46-49-52-55-58-61-64-67-70-76(79)82-73-74(72-81-75(78)69-66-63-60-57-54-51-48-45-30-27-24-21-18-15-12-9-6-3)83-77(80)71-68-65-62-59-56-53-50-47-44-42-39-36-34-32-29-26-23-20-17-14-11-8-5-2/h9,12,18,21,27,30-34,74H,4-8,10-11,13-17,19-20,22-26,28-29,35-73H2,1-3H3/b12-9-,21-18-,30-27-,33-31-,34-32-. The molecule has 0 aliphatic carbocycles. The van der Waals surface area contributed by atoms with E-state index < -0.39 is 6.10 Å². The smallest absolute Gasteiger partial charge is 0.306 e. The number of allylic oxidation sites excluding steroid dienone is 10. The van der Waals surface area contributed by atoms with Crippen molar-refractivity contribution >= 4 is 17.9 Å². The summed E-state index contributed by atoms with van der Waals surface area (Å²) in [6.07, 6.45) is 92.6. The molecule has 0 heterocycles. The third-order valence-electron chi connectivity index (χ3n) is 16.5. The summed E-state index contributed by atoms with van der Waals surface area (Å²) in [4.78, 5) is 38.5. The SMILES string of the molecule is CC/C=C\C/C=C\C/C=C\CCCCCCCCCC(=O)OCC(COC(=O)CCCCCCCCCCCCCCC/C=C\CCCCCCCCCC)OC(=O)CCCCCCCCCCCCC/C=C\CCCCCCCCCC. The van der Waals surface area contributed by atoms with Crippen molar-refractivity contribution in [2.24, 2.45) is 0 Å². The van der Waals surface area contributed by atoms with Crippen LogP contribution in [0.1, 0.15) is 393 Å². The summed E-state index contributed by atoms with van der Waals surface area (Å²) in [7, 11) is 0. The molecule has 0 N–H and O–H groups in total. The van der Waals surface area contributed by atoms with Crippen LogP contribution in [0.2, 0.25) is 0 Å². The van der Waals surface area contributed by atoms with Crippen molar-refractivity contribution in [3.05, 3.63) is 60.8 Å². The average molecular weight is 1160 g/mol. The summed E-state index contributed by atoms with van der Waals surface area (Å²) >= 11 is 0. The molecule has 1 unspecified atom stereocenters. The zero-order valence-electron chi connectivity index (χ0n) is 55.7. The van der Waals surface area contributed by atoms with Gasteiger partial charge >= 0.3 is 17.9 Å². The Morgan fingerprint density at radius 1 is 0.253 bits per heavy atom. The van der Waals surface area contributed by atoms with Crippen LogP contribution in [0.15, 0.2) is 60.8 Å². The minimum atomic E-state index is -0.780. The summed E-state index contributed by atoms with van der Waals surface area (Å²) in [6.45, 7) is 6.59. The molecule has 0 aliphatic rings. The van der Waals surface area contributed by atoms with E-state index in [1.165, 1.54) is 270 Å². The predicted octanol–water partition coefficient (Wildman–Crippen LogP) is 25.5. The normalized spacial score (nSPS) is 12.4. The first-order valence-corrected chi connectivity index (χ1v) is 36.8. The van der Waals surface area contributed by atoms with Crippen LogP contribution in [-0.2, 0) is 28.6 Å². The van der Waals surface area contributed by atoms with E-state index in [9.17, 15) is 14.4 Å². The van der Waals surface area contributed by atoms with Crippen LogP contribution in [0.3, 0.4) is 0 Å². The van der Waals surface area contributed by atoms with Gasteiger partial charge in [0.2, 0.25) is 0 Å². The highest BCUT2D eigenvalue weighted by atomic mass is 16.6. The molecular weight excluding hydrogens is 1020 g/mol. The first-order chi connectivity index (χ1) is 41.0. The van der Waals surface area contributed by atoms with Crippen molar-refractivity contribution in [2.75, 3.05) is 13.2 Å². The number of carbonyl (C=O) groups excluding carboxylic acids is 3. The molecule has 0 bridgehead atoms. The first kappa shape index (κ1) is 80.1. The Morgan fingerprint density at radius 2 is 0.470 bits per heavy atom. The van der Waals surface area contributed by atoms with Gasteiger partial charge in [0, 0.05) is 19.3 Å². The Morgan fingerprint density at radius 3 is 0.747 bits per heavy atom. The molecule has 0 aromatic heterocycles. The summed E-state index contributed by atoms with van der Waals surface area (Å²) in [5, 5.41) is 0. The molecular formula is C77H140O6. The maximum Gasteiger partial charge on any atom is 0.306 e. The van der Waals surface area contributed by atoms with E-state index in [-0.39, 0.29) is 31.1 Å². The molecule has 1 atom stereocenters. The van der Waals surface area contributed by atoms with Crippen LogP contribution in [0.5, 0.6) is 0 Å². The fourth-order valence-corrected chi connectivity index (χ4v) is 11.0. The van der Waals surface area contributed by atoms with E-state index in [2.05, 4.69) is 81.5 Å². The minimum Gasteiger partial charge on any atom is -0.462 e. The van der Waals surface area contributed by atoms with Crippen molar-refractivity contribution in [1.29, 1.82) is 0 Å². The second-order valence-corrected chi connectivity index (χ2v) is 24.8. The van der Waals surface area contributed by atoms with Crippen LogP contribution in [0.25, 0.3) is 0 Å². The summed E-state index contributed by atoms with van der Waals surface area (Å²) in [5.41, 5.74) is 0. The Kier molecular flexibility index (Phi) is 69.1. The van der Waals surface area contributed by atoms with Gasteiger partial charge in [0.25, 0.3) is 0 Å². The molecule has 83 heavy (non-hydrogen) atoms. The van der Waals surface area contributed by atoms with Crippen LogP contribution < -0.4 is 0 Å². The quantitative estimate of drug-likeness (QED) is 0.0261. The second kappa shape index (κ2) is 71.6. The van der Waals surface area contributed by atoms with Gasteiger partial charge in [-0.1, -0.05) is 332 Å². The average Bonchev–Trinajstić information content (AvgIpc) is 3.49. The third kappa shape index (κ3) is 69.8. The zero-order chi connectivity index (χ0) is 59.9. The van der Waals surface area contributed by atoms with E-state index in [4.69, 9.17) is 14.2 Å². The Bertz CT molecular complexity index is 1470. The lowest BCUT2D eigenvalue weighted by Gasteiger charge is -2.18. The van der Waals surface area contributed by atoms with Gasteiger partial charge in [-0.05, 0) is 103 Å². The van der Waals surface area contributed by atoms with Crippen molar-refractivity contribution in [2.45, 2.75) is 399 Å². The predicted molar refractivity (Wildman–Crippen MR) is 362 cm³/mol. The molecule has 0 rings (SSSR count). The fourth-order valence-electron chi connectivity index (χ4n) is 11.0. The van der Waals surface area contributed by atoms with Crippen LogP contribution in [-0.4, -0.2) is 37.2 Å². The molecule has 0 amide bonds. The summed E-state index contributed by atoms with van der Waals surface area (Å²) in [5.74, 6) is -0.860. The highest BCUT2D eigenvalue weighted by Gasteiger charge is 2.19. The lowest BCUT2D eigenvalue weighted by atomic mass is 10.0. The molecule has 484 valence electrons. The van der Waals surface area contributed by atoms with E-state index >= 15 is 0 Å². The Hall–Kier alpha value is -2.89. The highest BCUT2D eigenvalue weighted by molar-refractivity contribution is 5.71. The van der Waals surface area contributed by atoms with Crippen molar-refractivity contribution in [3.8, 4) is 0 Å². The number of unbranched alkanes of at least 4 members (excludes halogenated alkanes) is 47. The largest absolute Gasteiger partial charge is 0.462 e. The number of hydrogen-bond donors (Lipinski definition) is 0.